The third kappa shape index (κ3) is 1.82. The lowest BCUT2D eigenvalue weighted by atomic mass is 9.97. The number of rotatable bonds is 1. The molecule has 0 aromatic carbocycles. The molecule has 0 spiro atoms. The molecule has 4 nitrogen and oxygen atoms in total. The first-order valence-electron chi connectivity index (χ1n) is 3.93. The van der Waals surface area contributed by atoms with Crippen molar-refractivity contribution in [2.45, 2.75) is 39.2 Å². The summed E-state index contributed by atoms with van der Waals surface area (Å²) >= 11 is 0. The van der Waals surface area contributed by atoms with Crippen molar-refractivity contribution in [3.05, 3.63) is 11.7 Å². The van der Waals surface area contributed by atoms with Crippen LogP contribution in [0.25, 0.3) is 0 Å². The Morgan fingerprint density at radius 2 is 2.00 bits per heavy atom. The van der Waals surface area contributed by atoms with E-state index in [1.807, 2.05) is 20.8 Å². The third-order valence-corrected chi connectivity index (χ3v) is 1.46. The summed E-state index contributed by atoms with van der Waals surface area (Å²) in [6.07, 6.45) is -0.662. The fourth-order valence-corrected chi connectivity index (χ4v) is 0.709. The van der Waals surface area contributed by atoms with Crippen LogP contribution in [-0.2, 0) is 5.41 Å². The number of hydrogen-bond acceptors (Lipinski definition) is 4. The van der Waals surface area contributed by atoms with Gasteiger partial charge in [0, 0.05) is 5.41 Å². The summed E-state index contributed by atoms with van der Waals surface area (Å²) in [5.74, 6) is 0.901. The first-order chi connectivity index (χ1) is 5.41. The Labute approximate surface area is 71.6 Å². The topological polar surface area (TPSA) is 59.2 Å². The van der Waals surface area contributed by atoms with Crippen LogP contribution >= 0.6 is 0 Å². The maximum atomic E-state index is 9.12. The largest absolute Gasteiger partial charge is 0.385 e. The van der Waals surface area contributed by atoms with Gasteiger partial charge in [0.2, 0.25) is 5.89 Å². The molecular weight excluding hydrogens is 156 g/mol. The smallest absolute Gasteiger partial charge is 0.232 e. The van der Waals surface area contributed by atoms with Gasteiger partial charge in [-0.25, -0.2) is 0 Å². The van der Waals surface area contributed by atoms with Gasteiger partial charge >= 0.3 is 0 Å². The lowest BCUT2D eigenvalue weighted by Crippen LogP contribution is -2.11. The number of nitrogens with zero attached hydrogens (tertiary/aromatic N) is 2. The van der Waals surface area contributed by atoms with Gasteiger partial charge < -0.3 is 9.63 Å². The molecule has 1 aromatic heterocycles. The second kappa shape index (κ2) is 2.86. The van der Waals surface area contributed by atoms with Crippen LogP contribution in [0.4, 0.5) is 0 Å². The molecule has 0 aliphatic rings. The monoisotopic (exact) mass is 170 g/mol. The lowest BCUT2D eigenvalue weighted by Gasteiger charge is -2.10. The zero-order valence-corrected chi connectivity index (χ0v) is 7.83. The van der Waals surface area contributed by atoms with Crippen molar-refractivity contribution in [1.82, 2.24) is 10.1 Å². The Hall–Kier alpha value is -0.900. The molecule has 0 aliphatic heterocycles. The number of aliphatic hydroxyl groups is 1. The van der Waals surface area contributed by atoms with Crippen LogP contribution in [0.2, 0.25) is 0 Å². The van der Waals surface area contributed by atoms with E-state index in [1.165, 1.54) is 0 Å². The molecule has 0 saturated heterocycles. The van der Waals surface area contributed by atoms with Gasteiger partial charge in [-0.1, -0.05) is 25.9 Å². The Bertz CT molecular complexity index is 260. The van der Waals surface area contributed by atoms with Gasteiger partial charge in [0.25, 0.3) is 0 Å². The van der Waals surface area contributed by atoms with Crippen LogP contribution in [0.15, 0.2) is 4.52 Å². The van der Waals surface area contributed by atoms with Gasteiger partial charge in [-0.3, -0.25) is 0 Å². The predicted molar refractivity (Wildman–Crippen MR) is 43.6 cm³/mol. The molecule has 1 aromatic rings. The Morgan fingerprint density at radius 1 is 1.42 bits per heavy atom. The van der Waals surface area contributed by atoms with Gasteiger partial charge in [0.15, 0.2) is 5.82 Å². The predicted octanol–water partition coefficient (Wildman–Crippen LogP) is 1.42. The average Bonchev–Trinajstić information content (AvgIpc) is 2.30. The van der Waals surface area contributed by atoms with Gasteiger partial charge in [0.1, 0.15) is 6.10 Å². The second-order valence-electron chi connectivity index (χ2n) is 3.88. The van der Waals surface area contributed by atoms with Crippen molar-refractivity contribution in [3.8, 4) is 0 Å². The summed E-state index contributed by atoms with van der Waals surface area (Å²) in [6.45, 7) is 7.54. The molecule has 0 bridgehead atoms. The Kier molecular flexibility index (Phi) is 2.19. The minimum atomic E-state index is -0.662. The molecule has 1 heterocycles. The van der Waals surface area contributed by atoms with E-state index in [9.17, 15) is 0 Å². The van der Waals surface area contributed by atoms with E-state index in [4.69, 9.17) is 9.63 Å². The first-order valence-corrected chi connectivity index (χ1v) is 3.93. The van der Waals surface area contributed by atoms with Crippen molar-refractivity contribution in [2.75, 3.05) is 0 Å². The molecule has 0 saturated carbocycles. The Balaban J connectivity index is 2.92. The van der Waals surface area contributed by atoms with E-state index in [2.05, 4.69) is 10.1 Å². The van der Waals surface area contributed by atoms with Crippen molar-refractivity contribution >= 4 is 0 Å². The molecule has 4 heteroatoms. The van der Waals surface area contributed by atoms with Gasteiger partial charge in [-0.15, -0.1) is 0 Å². The number of hydrogen-bond donors (Lipinski definition) is 1. The molecule has 1 rings (SSSR count). The van der Waals surface area contributed by atoms with Crippen LogP contribution < -0.4 is 0 Å². The standard InChI is InChI=1S/C8H14N2O2/c1-5(11)6-9-7(12-10-6)8(2,3)4/h5,11H,1-4H3. The van der Waals surface area contributed by atoms with E-state index >= 15 is 0 Å². The van der Waals surface area contributed by atoms with E-state index in [-0.39, 0.29) is 5.41 Å². The van der Waals surface area contributed by atoms with Crippen molar-refractivity contribution in [1.29, 1.82) is 0 Å². The lowest BCUT2D eigenvalue weighted by molar-refractivity contribution is 0.184. The molecule has 1 unspecified atom stereocenters. The van der Waals surface area contributed by atoms with Crippen molar-refractivity contribution in [2.24, 2.45) is 0 Å². The van der Waals surface area contributed by atoms with E-state index in [0.717, 1.165) is 0 Å². The maximum absolute atomic E-state index is 9.12. The minimum Gasteiger partial charge on any atom is -0.385 e. The Morgan fingerprint density at radius 3 is 2.25 bits per heavy atom. The highest BCUT2D eigenvalue weighted by atomic mass is 16.5. The van der Waals surface area contributed by atoms with Crippen LogP contribution in [0, 0.1) is 0 Å². The maximum Gasteiger partial charge on any atom is 0.232 e. The summed E-state index contributed by atoms with van der Waals surface area (Å²) in [4.78, 5) is 4.05. The van der Waals surface area contributed by atoms with E-state index in [1.54, 1.807) is 6.92 Å². The van der Waals surface area contributed by atoms with Crippen LogP contribution in [0.5, 0.6) is 0 Å². The third-order valence-electron chi connectivity index (χ3n) is 1.46. The van der Waals surface area contributed by atoms with Gasteiger partial charge in [-0.05, 0) is 6.92 Å². The molecule has 0 radical (unpaired) electrons. The molecule has 0 aliphatic carbocycles. The SMILES string of the molecule is CC(O)c1noc(C(C)(C)C)n1. The second-order valence-corrected chi connectivity index (χ2v) is 3.88. The molecular formula is C8H14N2O2. The molecule has 1 N–H and O–H groups in total. The summed E-state index contributed by atoms with van der Waals surface area (Å²) in [6, 6.07) is 0. The van der Waals surface area contributed by atoms with Crippen LogP contribution in [0.3, 0.4) is 0 Å². The molecule has 68 valence electrons. The van der Waals surface area contributed by atoms with Crippen LogP contribution in [-0.4, -0.2) is 15.2 Å². The summed E-state index contributed by atoms with van der Waals surface area (Å²) in [5.41, 5.74) is -0.153. The van der Waals surface area contributed by atoms with Crippen molar-refractivity contribution < 1.29 is 9.63 Å². The fraction of sp³-hybridized carbons (Fsp3) is 0.750. The van der Waals surface area contributed by atoms with E-state index in [0.29, 0.717) is 11.7 Å². The van der Waals surface area contributed by atoms with E-state index < -0.39 is 6.10 Å². The molecule has 0 fully saturated rings. The van der Waals surface area contributed by atoms with Gasteiger partial charge in [-0.2, -0.15) is 4.98 Å². The molecule has 0 amide bonds. The van der Waals surface area contributed by atoms with Crippen molar-refractivity contribution in [3.63, 3.8) is 0 Å². The average molecular weight is 170 g/mol. The normalized spacial score (nSPS) is 14.8. The first kappa shape index (κ1) is 9.19. The molecule has 1 atom stereocenters. The zero-order chi connectivity index (χ0) is 9.35. The summed E-state index contributed by atoms with van der Waals surface area (Å²) < 4.78 is 4.97. The molecule has 12 heavy (non-hydrogen) atoms. The minimum absolute atomic E-state index is 0.153. The highest BCUT2D eigenvalue weighted by Crippen LogP contribution is 2.21. The fourth-order valence-electron chi connectivity index (χ4n) is 0.709. The number of aromatic nitrogens is 2. The quantitative estimate of drug-likeness (QED) is 0.692. The highest BCUT2D eigenvalue weighted by Gasteiger charge is 2.22. The highest BCUT2D eigenvalue weighted by molar-refractivity contribution is 4.99. The van der Waals surface area contributed by atoms with Crippen LogP contribution in [0.1, 0.15) is 45.5 Å². The van der Waals surface area contributed by atoms with Gasteiger partial charge in [0.05, 0.1) is 0 Å². The summed E-state index contributed by atoms with van der Waals surface area (Å²) in [5, 5.41) is 12.8. The zero-order valence-electron chi connectivity index (χ0n) is 7.83. The summed E-state index contributed by atoms with van der Waals surface area (Å²) in [7, 11) is 0. The number of aliphatic hydroxyl groups excluding tert-OH is 1.